The van der Waals surface area contributed by atoms with Crippen LogP contribution in [0.3, 0.4) is 0 Å². The van der Waals surface area contributed by atoms with Crippen LogP contribution in [0, 0.1) is 12.7 Å². The van der Waals surface area contributed by atoms with Crippen LogP contribution in [0.25, 0.3) is 11.0 Å². The Kier molecular flexibility index (Phi) is 4.63. The number of carbonyl (C=O) groups excluding carboxylic acids is 1. The monoisotopic (exact) mass is 433 g/mol. The van der Waals surface area contributed by atoms with Crippen LogP contribution >= 0.6 is 11.6 Å². The summed E-state index contributed by atoms with van der Waals surface area (Å²) in [6.07, 6.45) is 0. The summed E-state index contributed by atoms with van der Waals surface area (Å²) in [6.45, 7) is 2.10. The zero-order valence-corrected chi connectivity index (χ0v) is 17.3. The molecular formula is C25H17ClFNO3. The predicted molar refractivity (Wildman–Crippen MR) is 117 cm³/mol. The first kappa shape index (κ1) is 19.5. The Balaban J connectivity index is 1.72. The van der Waals surface area contributed by atoms with Gasteiger partial charge in [0.1, 0.15) is 11.4 Å². The third kappa shape index (κ3) is 3.31. The van der Waals surface area contributed by atoms with Crippen molar-refractivity contribution in [3.63, 3.8) is 0 Å². The van der Waals surface area contributed by atoms with Gasteiger partial charge in [-0.25, -0.2) is 4.39 Å². The molecule has 2 heterocycles. The normalized spacial score (nSPS) is 15.5. The first-order valence-electron chi connectivity index (χ1n) is 9.80. The van der Waals surface area contributed by atoms with E-state index in [2.05, 4.69) is 0 Å². The maximum atomic E-state index is 13.5. The van der Waals surface area contributed by atoms with E-state index in [0.29, 0.717) is 21.6 Å². The minimum atomic E-state index is -0.633. The molecule has 0 fully saturated rings. The Morgan fingerprint density at radius 2 is 1.71 bits per heavy atom. The van der Waals surface area contributed by atoms with E-state index in [1.807, 2.05) is 13.0 Å². The van der Waals surface area contributed by atoms with Gasteiger partial charge in [-0.15, -0.1) is 0 Å². The summed E-state index contributed by atoms with van der Waals surface area (Å²) < 4.78 is 19.3. The predicted octanol–water partition coefficient (Wildman–Crippen LogP) is 5.64. The van der Waals surface area contributed by atoms with Crippen molar-refractivity contribution in [2.75, 3.05) is 0 Å². The molecule has 1 amide bonds. The molecule has 1 atom stereocenters. The fraction of sp³-hybridized carbons (Fsp3) is 0.120. The van der Waals surface area contributed by atoms with Crippen LogP contribution in [0.5, 0.6) is 0 Å². The van der Waals surface area contributed by atoms with Gasteiger partial charge in [0.2, 0.25) is 5.76 Å². The zero-order valence-electron chi connectivity index (χ0n) is 16.6. The SMILES string of the molecule is Cc1ccc2oc3c(c(=O)c2c1)C(c1ccc(Cl)cc1)N(Cc1ccc(F)cc1)C3=O. The van der Waals surface area contributed by atoms with Crippen LogP contribution in [-0.2, 0) is 6.54 Å². The van der Waals surface area contributed by atoms with E-state index in [-0.39, 0.29) is 29.5 Å². The molecule has 31 heavy (non-hydrogen) atoms. The Morgan fingerprint density at radius 3 is 2.42 bits per heavy atom. The number of nitrogens with zero attached hydrogens (tertiary/aromatic N) is 1. The minimum absolute atomic E-state index is 0.0448. The molecule has 1 aliphatic heterocycles. The average Bonchev–Trinajstić information content (AvgIpc) is 3.03. The van der Waals surface area contributed by atoms with Crippen molar-refractivity contribution in [3.05, 3.63) is 116 Å². The maximum absolute atomic E-state index is 13.5. The van der Waals surface area contributed by atoms with E-state index >= 15 is 0 Å². The molecule has 0 bridgehead atoms. The summed E-state index contributed by atoms with van der Waals surface area (Å²) >= 11 is 6.06. The summed E-state index contributed by atoms with van der Waals surface area (Å²) in [5, 5.41) is 0.994. The smallest absolute Gasteiger partial charge is 0.291 e. The van der Waals surface area contributed by atoms with Crippen molar-refractivity contribution in [3.8, 4) is 0 Å². The third-order valence-corrected chi connectivity index (χ3v) is 5.83. The first-order valence-corrected chi connectivity index (χ1v) is 10.2. The highest BCUT2D eigenvalue weighted by Crippen LogP contribution is 2.39. The quantitative estimate of drug-likeness (QED) is 0.420. The van der Waals surface area contributed by atoms with Gasteiger partial charge in [-0.2, -0.15) is 0 Å². The van der Waals surface area contributed by atoms with Gasteiger partial charge in [-0.1, -0.05) is 47.5 Å². The van der Waals surface area contributed by atoms with Gasteiger partial charge in [0.15, 0.2) is 5.43 Å². The molecular weight excluding hydrogens is 417 g/mol. The molecule has 0 saturated heterocycles. The Morgan fingerprint density at radius 1 is 1.00 bits per heavy atom. The number of aryl methyl sites for hydroxylation is 1. The molecule has 154 valence electrons. The molecule has 0 N–H and O–H groups in total. The lowest BCUT2D eigenvalue weighted by atomic mass is 9.98. The lowest BCUT2D eigenvalue weighted by molar-refractivity contribution is 0.0714. The molecule has 4 nitrogen and oxygen atoms in total. The lowest BCUT2D eigenvalue weighted by Gasteiger charge is -2.25. The van der Waals surface area contributed by atoms with Gasteiger partial charge in [0.05, 0.1) is 17.0 Å². The highest BCUT2D eigenvalue weighted by Gasteiger charge is 2.42. The molecule has 0 spiro atoms. The van der Waals surface area contributed by atoms with Crippen LogP contribution in [0.15, 0.2) is 75.9 Å². The number of halogens is 2. The van der Waals surface area contributed by atoms with Gasteiger partial charge in [-0.05, 0) is 54.4 Å². The van der Waals surface area contributed by atoms with Crippen LogP contribution in [0.4, 0.5) is 4.39 Å². The summed E-state index contributed by atoms with van der Waals surface area (Å²) in [5.41, 5.74) is 2.88. The highest BCUT2D eigenvalue weighted by molar-refractivity contribution is 6.30. The standard InChI is InChI=1S/C25H17ClFNO3/c1-14-2-11-20-19(12-14)23(29)21-22(16-5-7-17(26)8-6-16)28(25(30)24(21)31-20)13-15-3-9-18(27)10-4-15/h2-12,22H,13H2,1H3. The molecule has 4 aromatic rings. The minimum Gasteiger partial charge on any atom is -0.450 e. The van der Waals surface area contributed by atoms with Crippen LogP contribution in [-0.4, -0.2) is 10.8 Å². The molecule has 5 rings (SSSR count). The number of amides is 1. The Hall–Kier alpha value is -3.44. The van der Waals surface area contributed by atoms with Crippen LogP contribution in [0.2, 0.25) is 5.02 Å². The summed E-state index contributed by atoms with van der Waals surface area (Å²) in [5.74, 6) is -0.685. The molecule has 1 aromatic heterocycles. The number of benzene rings is 3. The number of hydrogen-bond donors (Lipinski definition) is 0. The van der Waals surface area contributed by atoms with Crippen molar-refractivity contribution in [2.45, 2.75) is 19.5 Å². The van der Waals surface area contributed by atoms with Gasteiger partial charge < -0.3 is 9.32 Å². The lowest BCUT2D eigenvalue weighted by Crippen LogP contribution is -2.29. The zero-order chi connectivity index (χ0) is 21.7. The highest BCUT2D eigenvalue weighted by atomic mass is 35.5. The molecule has 1 aliphatic rings. The van der Waals surface area contributed by atoms with Gasteiger partial charge in [0, 0.05) is 11.6 Å². The van der Waals surface area contributed by atoms with E-state index in [0.717, 1.165) is 16.7 Å². The second-order valence-corrected chi connectivity index (χ2v) is 8.12. The second kappa shape index (κ2) is 7.36. The molecule has 0 saturated carbocycles. The summed E-state index contributed by atoms with van der Waals surface area (Å²) in [4.78, 5) is 28.5. The van der Waals surface area contributed by atoms with E-state index in [9.17, 15) is 14.0 Å². The van der Waals surface area contributed by atoms with Crippen molar-refractivity contribution in [1.29, 1.82) is 0 Å². The van der Waals surface area contributed by atoms with Crippen molar-refractivity contribution >= 4 is 28.5 Å². The molecule has 0 radical (unpaired) electrons. The maximum Gasteiger partial charge on any atom is 0.291 e. The number of carbonyl (C=O) groups is 1. The van der Waals surface area contributed by atoms with Gasteiger partial charge in [-0.3, -0.25) is 9.59 Å². The number of rotatable bonds is 3. The first-order chi connectivity index (χ1) is 14.9. The van der Waals surface area contributed by atoms with E-state index in [1.54, 1.807) is 53.4 Å². The van der Waals surface area contributed by atoms with Crippen LogP contribution in [0.1, 0.15) is 38.9 Å². The Labute approximate surface area is 182 Å². The summed E-state index contributed by atoms with van der Waals surface area (Å²) in [6, 6.07) is 17.7. The molecule has 3 aromatic carbocycles. The van der Waals surface area contributed by atoms with E-state index < -0.39 is 6.04 Å². The van der Waals surface area contributed by atoms with Gasteiger partial charge >= 0.3 is 0 Å². The fourth-order valence-electron chi connectivity index (χ4n) is 4.08. The third-order valence-electron chi connectivity index (χ3n) is 5.57. The molecule has 6 heteroatoms. The molecule has 1 unspecified atom stereocenters. The van der Waals surface area contributed by atoms with Gasteiger partial charge in [0.25, 0.3) is 5.91 Å². The van der Waals surface area contributed by atoms with E-state index in [1.165, 1.54) is 12.1 Å². The van der Waals surface area contributed by atoms with Crippen molar-refractivity contribution in [1.82, 2.24) is 4.90 Å². The number of fused-ring (bicyclic) bond motifs is 2. The van der Waals surface area contributed by atoms with E-state index in [4.69, 9.17) is 16.0 Å². The van der Waals surface area contributed by atoms with Crippen LogP contribution < -0.4 is 5.43 Å². The van der Waals surface area contributed by atoms with Crippen molar-refractivity contribution < 1.29 is 13.6 Å². The topological polar surface area (TPSA) is 50.5 Å². The largest absolute Gasteiger partial charge is 0.450 e. The Bertz CT molecular complexity index is 1380. The van der Waals surface area contributed by atoms with Crippen molar-refractivity contribution in [2.24, 2.45) is 0 Å². The number of hydrogen-bond acceptors (Lipinski definition) is 3. The second-order valence-electron chi connectivity index (χ2n) is 7.69. The fourth-order valence-corrected chi connectivity index (χ4v) is 4.20. The summed E-state index contributed by atoms with van der Waals surface area (Å²) in [7, 11) is 0. The average molecular weight is 434 g/mol. The molecule has 0 aliphatic carbocycles.